The lowest BCUT2D eigenvalue weighted by molar-refractivity contribution is -0.384. The number of hydrogen-bond donors (Lipinski definition) is 2. The van der Waals surface area contributed by atoms with Crippen LogP contribution in [0, 0.1) is 16.0 Å². The number of carboxylic acid groups (broad SMARTS) is 1. The molecule has 1 heterocycles. The first-order valence-corrected chi connectivity index (χ1v) is 6.98. The summed E-state index contributed by atoms with van der Waals surface area (Å²) in [6.07, 6.45) is 2.52. The monoisotopic (exact) mass is 333 g/mol. The van der Waals surface area contributed by atoms with E-state index in [0.29, 0.717) is 0 Å². The average Bonchev–Trinajstić information content (AvgIpc) is 3.05. The Bertz CT molecular complexity index is 772. The molecule has 1 atom stereocenters. The van der Waals surface area contributed by atoms with Crippen LogP contribution >= 0.6 is 0 Å². The van der Waals surface area contributed by atoms with E-state index in [0.717, 1.165) is 6.07 Å². The zero-order valence-electron chi connectivity index (χ0n) is 12.9. The van der Waals surface area contributed by atoms with E-state index in [1.54, 1.807) is 13.8 Å². The molecule has 2 aromatic rings. The van der Waals surface area contributed by atoms with Crippen molar-refractivity contribution in [2.24, 2.45) is 5.92 Å². The largest absolute Gasteiger partial charge is 0.480 e. The van der Waals surface area contributed by atoms with Crippen LogP contribution in [-0.2, 0) is 4.79 Å². The van der Waals surface area contributed by atoms with Gasteiger partial charge in [0.15, 0.2) is 0 Å². The van der Waals surface area contributed by atoms with Crippen LogP contribution < -0.4 is 5.32 Å². The standard InChI is InChI=1S/C14H15N5O5/c1-8(2)12(14(21)22)17-13(20)9-3-4-10(11(5-9)19(23)24)18-7-15-6-16-18/h3-8,12H,1-2H3,(H,17,20)(H,21,22)/t12-/m0/s1. The molecule has 0 saturated heterocycles. The molecule has 24 heavy (non-hydrogen) atoms. The first-order valence-electron chi connectivity index (χ1n) is 6.98. The van der Waals surface area contributed by atoms with Gasteiger partial charge < -0.3 is 10.4 Å². The summed E-state index contributed by atoms with van der Waals surface area (Å²) in [4.78, 5) is 37.7. The fraction of sp³-hybridized carbons (Fsp3) is 0.286. The Hall–Kier alpha value is -3.30. The van der Waals surface area contributed by atoms with Gasteiger partial charge in [-0.2, -0.15) is 5.10 Å². The van der Waals surface area contributed by atoms with Crippen molar-refractivity contribution in [2.75, 3.05) is 0 Å². The molecule has 0 aliphatic carbocycles. The van der Waals surface area contributed by atoms with Crippen molar-refractivity contribution in [1.82, 2.24) is 20.1 Å². The maximum atomic E-state index is 12.2. The van der Waals surface area contributed by atoms with Gasteiger partial charge in [0.2, 0.25) is 0 Å². The predicted molar refractivity (Wildman–Crippen MR) is 81.7 cm³/mol. The van der Waals surface area contributed by atoms with Gasteiger partial charge >= 0.3 is 5.97 Å². The Kier molecular flexibility index (Phi) is 4.87. The number of nitrogens with zero attached hydrogens (tertiary/aromatic N) is 4. The van der Waals surface area contributed by atoms with E-state index >= 15 is 0 Å². The number of rotatable bonds is 6. The number of carbonyl (C=O) groups excluding carboxylic acids is 1. The van der Waals surface area contributed by atoms with Gasteiger partial charge in [-0.05, 0) is 18.1 Å². The maximum absolute atomic E-state index is 12.2. The topological polar surface area (TPSA) is 140 Å². The van der Waals surface area contributed by atoms with Gasteiger partial charge in [0, 0.05) is 11.6 Å². The van der Waals surface area contributed by atoms with Crippen molar-refractivity contribution in [1.29, 1.82) is 0 Å². The smallest absolute Gasteiger partial charge is 0.326 e. The fourth-order valence-electron chi connectivity index (χ4n) is 2.08. The molecular weight excluding hydrogens is 318 g/mol. The normalized spacial score (nSPS) is 12.0. The first kappa shape index (κ1) is 17.1. The molecule has 0 radical (unpaired) electrons. The summed E-state index contributed by atoms with van der Waals surface area (Å²) in [5.74, 6) is -2.22. The Morgan fingerprint density at radius 2 is 2.08 bits per heavy atom. The summed E-state index contributed by atoms with van der Waals surface area (Å²) in [5.41, 5.74) is -0.213. The van der Waals surface area contributed by atoms with Crippen molar-refractivity contribution in [3.8, 4) is 5.69 Å². The molecular formula is C14H15N5O5. The van der Waals surface area contributed by atoms with Crippen LogP contribution in [0.25, 0.3) is 5.69 Å². The molecule has 10 nitrogen and oxygen atoms in total. The minimum absolute atomic E-state index is 0.0162. The molecule has 0 saturated carbocycles. The number of nitro groups is 1. The number of benzene rings is 1. The molecule has 1 amide bonds. The summed E-state index contributed by atoms with van der Waals surface area (Å²) in [7, 11) is 0. The Labute approximate surface area is 136 Å². The summed E-state index contributed by atoms with van der Waals surface area (Å²) in [6, 6.07) is 2.70. The molecule has 2 N–H and O–H groups in total. The molecule has 0 spiro atoms. The zero-order valence-corrected chi connectivity index (χ0v) is 12.9. The van der Waals surface area contributed by atoms with Crippen LogP contribution in [0.5, 0.6) is 0 Å². The van der Waals surface area contributed by atoms with Crippen molar-refractivity contribution >= 4 is 17.6 Å². The average molecular weight is 333 g/mol. The van der Waals surface area contributed by atoms with Gasteiger partial charge in [0.1, 0.15) is 24.4 Å². The second kappa shape index (κ2) is 6.86. The second-order valence-electron chi connectivity index (χ2n) is 5.33. The lowest BCUT2D eigenvalue weighted by Gasteiger charge is -2.17. The summed E-state index contributed by atoms with van der Waals surface area (Å²) in [6.45, 7) is 3.30. The maximum Gasteiger partial charge on any atom is 0.326 e. The highest BCUT2D eigenvalue weighted by Crippen LogP contribution is 2.23. The third-order valence-electron chi connectivity index (χ3n) is 3.32. The van der Waals surface area contributed by atoms with Crippen LogP contribution in [0.1, 0.15) is 24.2 Å². The highest BCUT2D eigenvalue weighted by atomic mass is 16.6. The Balaban J connectivity index is 2.35. The number of nitrogens with one attached hydrogen (secondary N) is 1. The number of aliphatic carboxylic acids is 1. The molecule has 2 rings (SSSR count). The van der Waals surface area contributed by atoms with Gasteiger partial charge in [-0.15, -0.1) is 0 Å². The molecule has 0 aliphatic rings. The summed E-state index contributed by atoms with van der Waals surface area (Å²) in [5, 5.41) is 26.5. The van der Waals surface area contributed by atoms with E-state index in [4.69, 9.17) is 5.11 Å². The van der Waals surface area contributed by atoms with Crippen molar-refractivity contribution in [2.45, 2.75) is 19.9 Å². The van der Waals surface area contributed by atoms with E-state index in [-0.39, 0.29) is 22.9 Å². The van der Waals surface area contributed by atoms with E-state index in [2.05, 4.69) is 15.4 Å². The predicted octanol–water partition coefficient (Wildman–Crippen LogP) is 1.01. The lowest BCUT2D eigenvalue weighted by atomic mass is 10.0. The summed E-state index contributed by atoms with van der Waals surface area (Å²) < 4.78 is 1.20. The molecule has 0 bridgehead atoms. The van der Waals surface area contributed by atoms with Crippen LogP contribution in [0.3, 0.4) is 0 Å². The van der Waals surface area contributed by atoms with Gasteiger partial charge in [-0.3, -0.25) is 14.9 Å². The molecule has 0 fully saturated rings. The third-order valence-corrected chi connectivity index (χ3v) is 3.32. The Morgan fingerprint density at radius 1 is 1.38 bits per heavy atom. The van der Waals surface area contributed by atoms with Crippen LogP contribution in [-0.4, -0.2) is 42.7 Å². The van der Waals surface area contributed by atoms with Gasteiger partial charge in [-0.1, -0.05) is 13.8 Å². The number of aromatic nitrogens is 3. The number of carboxylic acids is 1. The third kappa shape index (κ3) is 3.54. The molecule has 1 aromatic carbocycles. The minimum atomic E-state index is -1.17. The van der Waals surface area contributed by atoms with Gasteiger partial charge in [0.05, 0.1) is 4.92 Å². The number of amides is 1. The van der Waals surface area contributed by atoms with Crippen LogP contribution in [0.4, 0.5) is 5.69 Å². The van der Waals surface area contributed by atoms with Crippen LogP contribution in [0.15, 0.2) is 30.9 Å². The van der Waals surface area contributed by atoms with Gasteiger partial charge in [-0.25, -0.2) is 14.5 Å². The lowest BCUT2D eigenvalue weighted by Crippen LogP contribution is -2.44. The van der Waals surface area contributed by atoms with Crippen molar-refractivity contribution < 1.29 is 19.6 Å². The molecule has 10 heteroatoms. The van der Waals surface area contributed by atoms with E-state index in [9.17, 15) is 19.7 Å². The Morgan fingerprint density at radius 3 is 2.58 bits per heavy atom. The van der Waals surface area contributed by atoms with Crippen molar-refractivity contribution in [3.05, 3.63) is 46.5 Å². The van der Waals surface area contributed by atoms with Crippen LogP contribution in [0.2, 0.25) is 0 Å². The fourth-order valence-corrected chi connectivity index (χ4v) is 2.08. The van der Waals surface area contributed by atoms with Gasteiger partial charge in [0.25, 0.3) is 11.6 Å². The van der Waals surface area contributed by atoms with E-state index < -0.39 is 22.8 Å². The van der Waals surface area contributed by atoms with E-state index in [1.165, 1.54) is 29.5 Å². The highest BCUT2D eigenvalue weighted by molar-refractivity contribution is 5.97. The minimum Gasteiger partial charge on any atom is -0.480 e. The van der Waals surface area contributed by atoms with Crippen molar-refractivity contribution in [3.63, 3.8) is 0 Å². The SMILES string of the molecule is CC(C)[C@H](NC(=O)c1ccc(-n2cncn2)c([N+](=O)[O-])c1)C(=O)O. The zero-order chi connectivity index (χ0) is 17.9. The number of carbonyl (C=O) groups is 2. The van der Waals surface area contributed by atoms with E-state index in [1.807, 2.05) is 0 Å². The number of hydrogen-bond acceptors (Lipinski definition) is 6. The molecule has 0 aliphatic heterocycles. The summed E-state index contributed by atoms with van der Waals surface area (Å²) >= 11 is 0. The highest BCUT2D eigenvalue weighted by Gasteiger charge is 2.25. The molecule has 1 aromatic heterocycles. The quantitative estimate of drug-likeness (QED) is 0.593. The second-order valence-corrected chi connectivity index (χ2v) is 5.33. The molecule has 0 unspecified atom stereocenters. The molecule has 126 valence electrons. The number of nitro benzene ring substituents is 1. The first-order chi connectivity index (χ1) is 11.3.